The predicted octanol–water partition coefficient (Wildman–Crippen LogP) is 3.53. The summed E-state index contributed by atoms with van der Waals surface area (Å²) in [4.78, 5) is 0. The van der Waals surface area contributed by atoms with Crippen molar-refractivity contribution in [2.75, 3.05) is 6.61 Å². The summed E-state index contributed by atoms with van der Waals surface area (Å²) in [5.41, 5.74) is 1.55. The lowest BCUT2D eigenvalue weighted by atomic mass is 9.47. The Morgan fingerprint density at radius 2 is 1.87 bits per heavy atom. The van der Waals surface area contributed by atoms with E-state index in [1.165, 1.54) is 18.4 Å². The topological polar surface area (TPSA) is 60.7 Å². The third-order valence-electron chi connectivity index (χ3n) is 7.01. The molecule has 134 valence electrons. The van der Waals surface area contributed by atoms with E-state index < -0.39 is 12.2 Å². The van der Waals surface area contributed by atoms with Crippen LogP contribution in [0.4, 0.5) is 0 Å². The summed E-state index contributed by atoms with van der Waals surface area (Å²) >= 11 is 0. The SMILES string of the molecule is CC1=CC[C@H]2C(C)(C)CCC[C@]2(C)[C@H]1[C@@H](O)[C@H](O)C(C)CCO. The molecule has 1 saturated carbocycles. The van der Waals surface area contributed by atoms with E-state index in [4.69, 9.17) is 5.11 Å². The zero-order valence-electron chi connectivity index (χ0n) is 15.5. The molecule has 6 atom stereocenters. The number of fused-ring (bicyclic) bond motifs is 1. The average Bonchev–Trinajstić information content (AvgIpc) is 2.44. The molecule has 2 rings (SSSR count). The fourth-order valence-corrected chi connectivity index (χ4v) is 5.64. The predicted molar refractivity (Wildman–Crippen MR) is 94.0 cm³/mol. The largest absolute Gasteiger partial charge is 0.396 e. The van der Waals surface area contributed by atoms with Crippen LogP contribution in [0.1, 0.15) is 66.7 Å². The van der Waals surface area contributed by atoms with Crippen LogP contribution in [0.5, 0.6) is 0 Å². The summed E-state index contributed by atoms with van der Waals surface area (Å²) in [7, 11) is 0. The van der Waals surface area contributed by atoms with E-state index in [1.807, 2.05) is 6.92 Å². The average molecular weight is 325 g/mol. The third kappa shape index (κ3) is 3.38. The molecule has 0 saturated heterocycles. The Labute approximate surface area is 141 Å². The maximum atomic E-state index is 11.0. The van der Waals surface area contributed by atoms with Crippen molar-refractivity contribution in [2.24, 2.45) is 28.6 Å². The van der Waals surface area contributed by atoms with Crippen LogP contribution < -0.4 is 0 Å². The first-order valence-corrected chi connectivity index (χ1v) is 9.29. The molecule has 0 bridgehead atoms. The highest BCUT2D eigenvalue weighted by atomic mass is 16.3. The second-order valence-corrected chi connectivity index (χ2v) is 9.03. The molecule has 1 unspecified atom stereocenters. The summed E-state index contributed by atoms with van der Waals surface area (Å²) in [6, 6.07) is 0. The summed E-state index contributed by atoms with van der Waals surface area (Å²) in [5, 5.41) is 30.8. The van der Waals surface area contributed by atoms with Crippen LogP contribution in [-0.4, -0.2) is 34.1 Å². The Morgan fingerprint density at radius 3 is 2.48 bits per heavy atom. The van der Waals surface area contributed by atoms with Gasteiger partial charge in [0, 0.05) is 12.5 Å². The monoisotopic (exact) mass is 324 g/mol. The van der Waals surface area contributed by atoms with Crippen LogP contribution in [0.3, 0.4) is 0 Å². The molecule has 0 radical (unpaired) electrons. The molecule has 0 heterocycles. The number of aliphatic hydroxyl groups is 3. The van der Waals surface area contributed by atoms with Crippen molar-refractivity contribution in [3.63, 3.8) is 0 Å². The summed E-state index contributed by atoms with van der Waals surface area (Å²) in [6.45, 7) is 11.1. The second kappa shape index (κ2) is 6.85. The minimum atomic E-state index is -0.781. The van der Waals surface area contributed by atoms with Gasteiger partial charge in [0.1, 0.15) is 0 Å². The molecule has 3 nitrogen and oxygen atoms in total. The van der Waals surface area contributed by atoms with E-state index in [0.29, 0.717) is 12.3 Å². The van der Waals surface area contributed by atoms with Crippen molar-refractivity contribution in [3.05, 3.63) is 11.6 Å². The van der Waals surface area contributed by atoms with Gasteiger partial charge in [-0.1, -0.05) is 45.8 Å². The Hall–Kier alpha value is -0.380. The summed E-state index contributed by atoms with van der Waals surface area (Å²) < 4.78 is 0. The van der Waals surface area contributed by atoms with Gasteiger partial charge in [0.25, 0.3) is 0 Å². The molecule has 3 N–H and O–H groups in total. The maximum absolute atomic E-state index is 11.0. The molecular formula is C20H36O3. The Balaban J connectivity index is 2.31. The first kappa shape index (κ1) is 19.0. The van der Waals surface area contributed by atoms with Crippen molar-refractivity contribution in [1.82, 2.24) is 0 Å². The van der Waals surface area contributed by atoms with Gasteiger partial charge in [0.15, 0.2) is 0 Å². The van der Waals surface area contributed by atoms with Gasteiger partial charge in [0.2, 0.25) is 0 Å². The normalized spacial score (nSPS) is 37.5. The van der Waals surface area contributed by atoms with E-state index in [0.717, 1.165) is 12.8 Å². The van der Waals surface area contributed by atoms with Crippen LogP contribution in [0, 0.1) is 28.6 Å². The van der Waals surface area contributed by atoms with Gasteiger partial charge < -0.3 is 15.3 Å². The second-order valence-electron chi connectivity index (χ2n) is 9.03. The van der Waals surface area contributed by atoms with Crippen molar-refractivity contribution >= 4 is 0 Å². The van der Waals surface area contributed by atoms with E-state index in [9.17, 15) is 10.2 Å². The molecule has 0 aliphatic heterocycles. The fourth-order valence-electron chi connectivity index (χ4n) is 5.64. The summed E-state index contributed by atoms with van der Waals surface area (Å²) in [5.74, 6) is 0.466. The molecule has 23 heavy (non-hydrogen) atoms. The van der Waals surface area contributed by atoms with Gasteiger partial charge in [-0.15, -0.1) is 0 Å². The minimum Gasteiger partial charge on any atom is -0.396 e. The number of rotatable bonds is 5. The summed E-state index contributed by atoms with van der Waals surface area (Å²) in [6.07, 6.45) is 5.92. The lowest BCUT2D eigenvalue weighted by Gasteiger charge is -2.58. The quantitative estimate of drug-likeness (QED) is 0.678. The van der Waals surface area contributed by atoms with Crippen molar-refractivity contribution < 1.29 is 15.3 Å². The Kier molecular flexibility index (Phi) is 5.65. The number of hydrogen-bond acceptors (Lipinski definition) is 3. The van der Waals surface area contributed by atoms with Crippen molar-refractivity contribution in [3.8, 4) is 0 Å². The van der Waals surface area contributed by atoms with E-state index in [-0.39, 0.29) is 29.3 Å². The third-order valence-corrected chi connectivity index (χ3v) is 7.01. The molecule has 0 aromatic rings. The minimum absolute atomic E-state index is 0.0111. The van der Waals surface area contributed by atoms with E-state index in [2.05, 4.69) is 33.8 Å². The molecule has 3 heteroatoms. The van der Waals surface area contributed by atoms with Gasteiger partial charge in [0.05, 0.1) is 12.2 Å². The molecule has 1 fully saturated rings. The fraction of sp³-hybridized carbons (Fsp3) is 0.900. The smallest absolute Gasteiger partial charge is 0.0872 e. The molecule has 0 aromatic heterocycles. The Bertz CT molecular complexity index is 442. The van der Waals surface area contributed by atoms with Crippen LogP contribution in [0.15, 0.2) is 11.6 Å². The van der Waals surface area contributed by atoms with Gasteiger partial charge in [-0.25, -0.2) is 0 Å². The molecule has 0 amide bonds. The highest BCUT2D eigenvalue weighted by Gasteiger charge is 2.54. The highest BCUT2D eigenvalue weighted by molar-refractivity contribution is 5.20. The molecule has 0 spiro atoms. The van der Waals surface area contributed by atoms with Gasteiger partial charge in [-0.3, -0.25) is 0 Å². The van der Waals surface area contributed by atoms with Gasteiger partial charge >= 0.3 is 0 Å². The van der Waals surface area contributed by atoms with Crippen molar-refractivity contribution in [1.29, 1.82) is 0 Å². The maximum Gasteiger partial charge on any atom is 0.0872 e. The van der Waals surface area contributed by atoms with Crippen LogP contribution in [0.25, 0.3) is 0 Å². The molecule has 0 aromatic carbocycles. The van der Waals surface area contributed by atoms with Gasteiger partial charge in [-0.2, -0.15) is 0 Å². The van der Waals surface area contributed by atoms with Crippen LogP contribution >= 0.6 is 0 Å². The van der Waals surface area contributed by atoms with E-state index >= 15 is 0 Å². The zero-order valence-corrected chi connectivity index (χ0v) is 15.5. The number of allylic oxidation sites excluding steroid dienone is 1. The molecular weight excluding hydrogens is 288 g/mol. The van der Waals surface area contributed by atoms with E-state index in [1.54, 1.807) is 0 Å². The molecule has 2 aliphatic rings. The van der Waals surface area contributed by atoms with Crippen molar-refractivity contribution in [2.45, 2.75) is 78.9 Å². The van der Waals surface area contributed by atoms with Crippen LogP contribution in [0.2, 0.25) is 0 Å². The Morgan fingerprint density at radius 1 is 1.22 bits per heavy atom. The lowest BCUT2D eigenvalue weighted by molar-refractivity contribution is -0.117. The number of hydrogen-bond donors (Lipinski definition) is 3. The standard InChI is InChI=1S/C20H36O3/c1-13-7-8-15-19(3,4)10-6-11-20(15,5)16(13)18(23)17(22)14(2)9-12-21/h7,14-18,21-23H,6,8-12H2,1-5H3/t14?,15-,16+,17+,18+,20-/m0/s1. The van der Waals surface area contributed by atoms with Crippen LogP contribution in [-0.2, 0) is 0 Å². The number of aliphatic hydroxyl groups excluding tert-OH is 3. The lowest BCUT2D eigenvalue weighted by Crippen LogP contribution is -2.54. The zero-order chi connectivity index (χ0) is 17.4. The first-order chi connectivity index (χ1) is 10.6. The van der Waals surface area contributed by atoms with Gasteiger partial charge in [-0.05, 0) is 55.3 Å². The molecule has 2 aliphatic carbocycles. The first-order valence-electron chi connectivity index (χ1n) is 9.29. The highest BCUT2D eigenvalue weighted by Crippen LogP contribution is 2.60.